The normalized spacial score (nSPS) is 10.1. The Labute approximate surface area is 123 Å². The molecule has 0 saturated carbocycles. The van der Waals surface area contributed by atoms with Crippen LogP contribution < -0.4 is 10.6 Å². The maximum atomic E-state index is 13.5. The van der Waals surface area contributed by atoms with Crippen LogP contribution in [0.3, 0.4) is 0 Å². The summed E-state index contributed by atoms with van der Waals surface area (Å²) in [6.07, 6.45) is 0.564. The van der Waals surface area contributed by atoms with Crippen LogP contribution in [0.15, 0.2) is 29.1 Å². The monoisotopic (exact) mass is 309 g/mol. The van der Waals surface area contributed by atoms with Gasteiger partial charge in [0.2, 0.25) is 0 Å². The third kappa shape index (κ3) is 4.25. The Morgan fingerprint density at radius 3 is 2.86 bits per heavy atom. The topological polar surface area (TPSA) is 91.3 Å². The Bertz CT molecular complexity index is 646. The molecule has 0 fully saturated rings. The van der Waals surface area contributed by atoms with Crippen LogP contribution in [0.1, 0.15) is 16.1 Å². The van der Waals surface area contributed by atoms with Crippen molar-refractivity contribution in [3.8, 4) is 0 Å². The van der Waals surface area contributed by atoms with Crippen LogP contribution in [0.5, 0.6) is 0 Å². The lowest BCUT2D eigenvalue weighted by Gasteiger charge is -2.08. The van der Waals surface area contributed by atoms with Gasteiger partial charge in [-0.25, -0.2) is 19.0 Å². The number of hydrogen-bond donors (Lipinski definition) is 3. The number of hydrogen-bond acceptors (Lipinski definition) is 4. The minimum atomic E-state index is -1.19. The number of carbonyl (C=O) groups excluding carboxylic acids is 1. The fourth-order valence-electron chi connectivity index (χ4n) is 1.59. The third-order valence-corrected chi connectivity index (χ3v) is 3.25. The van der Waals surface area contributed by atoms with Crippen molar-refractivity contribution >= 4 is 29.0 Å². The van der Waals surface area contributed by atoms with Crippen molar-refractivity contribution in [2.75, 3.05) is 11.9 Å². The first kappa shape index (κ1) is 14.9. The molecule has 3 N–H and O–H groups in total. The molecule has 0 aliphatic carbocycles. The molecule has 6 nitrogen and oxygen atoms in total. The van der Waals surface area contributed by atoms with Gasteiger partial charge in [0.15, 0.2) is 0 Å². The molecule has 0 saturated heterocycles. The van der Waals surface area contributed by atoms with Crippen LogP contribution in [-0.4, -0.2) is 28.6 Å². The summed E-state index contributed by atoms with van der Waals surface area (Å²) >= 11 is 1.46. The van der Waals surface area contributed by atoms with E-state index < -0.39 is 17.8 Å². The minimum Gasteiger partial charge on any atom is -0.478 e. The molecule has 1 aromatic heterocycles. The van der Waals surface area contributed by atoms with E-state index in [1.165, 1.54) is 11.3 Å². The number of nitrogens with zero attached hydrogens (tertiary/aromatic N) is 1. The molecule has 0 aliphatic heterocycles. The smallest absolute Gasteiger partial charge is 0.335 e. The highest BCUT2D eigenvalue weighted by molar-refractivity contribution is 7.07. The number of anilines is 1. The summed E-state index contributed by atoms with van der Waals surface area (Å²) in [4.78, 5) is 26.5. The number of nitrogens with one attached hydrogen (secondary N) is 2. The van der Waals surface area contributed by atoms with Crippen molar-refractivity contribution in [2.24, 2.45) is 0 Å². The van der Waals surface area contributed by atoms with E-state index in [2.05, 4.69) is 15.6 Å². The van der Waals surface area contributed by atoms with E-state index in [0.717, 1.165) is 23.9 Å². The zero-order valence-corrected chi connectivity index (χ0v) is 11.6. The molecule has 0 atom stereocenters. The van der Waals surface area contributed by atoms with Gasteiger partial charge < -0.3 is 15.7 Å². The zero-order chi connectivity index (χ0) is 15.2. The molecule has 0 unspecified atom stereocenters. The molecule has 0 aliphatic rings. The maximum Gasteiger partial charge on any atom is 0.335 e. The number of halogens is 1. The van der Waals surface area contributed by atoms with E-state index in [9.17, 15) is 14.0 Å². The van der Waals surface area contributed by atoms with E-state index in [1.54, 1.807) is 5.51 Å². The second-order valence-corrected chi connectivity index (χ2v) is 4.83. The molecule has 21 heavy (non-hydrogen) atoms. The molecule has 0 spiro atoms. The Morgan fingerprint density at radius 1 is 1.38 bits per heavy atom. The van der Waals surface area contributed by atoms with Crippen LogP contribution >= 0.6 is 11.3 Å². The van der Waals surface area contributed by atoms with Crippen molar-refractivity contribution < 1.29 is 19.1 Å². The molecule has 1 heterocycles. The highest BCUT2D eigenvalue weighted by Crippen LogP contribution is 2.16. The molecular weight excluding hydrogens is 297 g/mol. The van der Waals surface area contributed by atoms with Crippen LogP contribution in [0, 0.1) is 5.82 Å². The summed E-state index contributed by atoms with van der Waals surface area (Å²) < 4.78 is 13.5. The number of aromatic carboxylic acids is 1. The fourth-order valence-corrected chi connectivity index (χ4v) is 2.18. The second kappa shape index (κ2) is 6.80. The number of rotatable bonds is 5. The number of amides is 2. The molecule has 0 radical (unpaired) electrons. The highest BCUT2D eigenvalue weighted by atomic mass is 32.1. The molecule has 2 rings (SSSR count). The molecular formula is C13H12FN3O3S. The first-order chi connectivity index (χ1) is 10.1. The molecule has 1 aromatic carbocycles. The van der Waals surface area contributed by atoms with E-state index in [0.29, 0.717) is 13.0 Å². The quantitative estimate of drug-likeness (QED) is 0.790. The summed E-state index contributed by atoms with van der Waals surface area (Å²) in [5, 5.41) is 15.5. The number of urea groups is 1. The lowest BCUT2D eigenvalue weighted by molar-refractivity contribution is 0.0697. The average Bonchev–Trinajstić information content (AvgIpc) is 2.94. The van der Waals surface area contributed by atoms with Crippen LogP contribution in [-0.2, 0) is 6.42 Å². The van der Waals surface area contributed by atoms with Gasteiger partial charge in [0.1, 0.15) is 5.82 Å². The summed E-state index contributed by atoms with van der Waals surface area (Å²) in [5.41, 5.74) is 2.27. The first-order valence-electron chi connectivity index (χ1n) is 6.01. The largest absolute Gasteiger partial charge is 0.478 e. The van der Waals surface area contributed by atoms with Crippen LogP contribution in [0.4, 0.5) is 14.9 Å². The Balaban J connectivity index is 1.90. The van der Waals surface area contributed by atoms with E-state index in [1.807, 2.05) is 5.38 Å². The SMILES string of the molecule is O=C(NCCc1cscn1)Nc1cc(C(=O)O)ccc1F. The van der Waals surface area contributed by atoms with E-state index in [4.69, 9.17) is 5.11 Å². The van der Waals surface area contributed by atoms with Gasteiger partial charge in [-0.15, -0.1) is 11.3 Å². The van der Waals surface area contributed by atoms with Gasteiger partial charge in [-0.2, -0.15) is 0 Å². The minimum absolute atomic E-state index is 0.103. The first-order valence-corrected chi connectivity index (χ1v) is 6.95. The number of aromatic nitrogens is 1. The number of thiazole rings is 1. The third-order valence-electron chi connectivity index (χ3n) is 2.61. The molecule has 110 valence electrons. The summed E-state index contributed by atoms with van der Waals surface area (Å²) in [5.74, 6) is -1.89. The predicted molar refractivity (Wildman–Crippen MR) is 76.2 cm³/mol. The van der Waals surface area contributed by atoms with E-state index in [-0.39, 0.29) is 11.3 Å². The lowest BCUT2D eigenvalue weighted by Crippen LogP contribution is -2.30. The molecule has 2 amide bonds. The van der Waals surface area contributed by atoms with Gasteiger partial charge in [-0.05, 0) is 18.2 Å². The number of carboxylic acid groups (broad SMARTS) is 1. The summed E-state index contributed by atoms with van der Waals surface area (Å²) in [6, 6.07) is 2.58. The Kier molecular flexibility index (Phi) is 4.83. The second-order valence-electron chi connectivity index (χ2n) is 4.11. The predicted octanol–water partition coefficient (Wildman–Crippen LogP) is 2.34. The molecule has 8 heteroatoms. The van der Waals surface area contributed by atoms with Gasteiger partial charge >= 0.3 is 12.0 Å². The van der Waals surface area contributed by atoms with E-state index >= 15 is 0 Å². The van der Waals surface area contributed by atoms with Gasteiger partial charge in [-0.3, -0.25) is 0 Å². The fraction of sp³-hybridized carbons (Fsp3) is 0.154. The van der Waals surface area contributed by atoms with Crippen LogP contribution in [0.2, 0.25) is 0 Å². The zero-order valence-electron chi connectivity index (χ0n) is 10.8. The molecule has 0 bridgehead atoms. The number of carbonyl (C=O) groups is 2. The summed E-state index contributed by atoms with van der Waals surface area (Å²) in [7, 11) is 0. The highest BCUT2D eigenvalue weighted by Gasteiger charge is 2.10. The van der Waals surface area contributed by atoms with Crippen molar-refractivity contribution in [1.82, 2.24) is 10.3 Å². The van der Waals surface area contributed by atoms with Crippen molar-refractivity contribution in [3.63, 3.8) is 0 Å². The standard InChI is InChI=1S/C13H12FN3O3S/c14-10-2-1-8(12(18)19)5-11(10)17-13(20)15-4-3-9-6-21-7-16-9/h1-2,5-7H,3-4H2,(H,18,19)(H2,15,17,20). The average molecular weight is 309 g/mol. The lowest BCUT2D eigenvalue weighted by atomic mass is 10.2. The van der Waals surface area contributed by atoms with Gasteiger partial charge in [0, 0.05) is 18.3 Å². The van der Waals surface area contributed by atoms with Crippen molar-refractivity contribution in [1.29, 1.82) is 0 Å². The maximum absolute atomic E-state index is 13.5. The number of carboxylic acids is 1. The molecule has 2 aromatic rings. The Morgan fingerprint density at radius 2 is 2.19 bits per heavy atom. The van der Waals surface area contributed by atoms with Crippen molar-refractivity contribution in [2.45, 2.75) is 6.42 Å². The summed E-state index contributed by atoms with van der Waals surface area (Å²) in [6.45, 7) is 0.343. The Hall–Kier alpha value is -2.48. The van der Waals surface area contributed by atoms with Gasteiger partial charge in [0.25, 0.3) is 0 Å². The van der Waals surface area contributed by atoms with Crippen LogP contribution in [0.25, 0.3) is 0 Å². The number of benzene rings is 1. The van der Waals surface area contributed by atoms with Gasteiger partial charge in [0.05, 0.1) is 22.5 Å². The van der Waals surface area contributed by atoms with Crippen molar-refractivity contribution in [3.05, 3.63) is 46.2 Å². The van der Waals surface area contributed by atoms with Gasteiger partial charge in [-0.1, -0.05) is 0 Å².